The summed E-state index contributed by atoms with van der Waals surface area (Å²) in [4.78, 5) is 4.04. The van der Waals surface area contributed by atoms with Gasteiger partial charge in [-0.1, -0.05) is 13.3 Å². The summed E-state index contributed by atoms with van der Waals surface area (Å²) in [5.41, 5.74) is 0. The summed E-state index contributed by atoms with van der Waals surface area (Å²) in [6.45, 7) is 2.00. The molecule has 1 atom stereocenters. The van der Waals surface area contributed by atoms with Crippen molar-refractivity contribution in [2.75, 3.05) is 7.05 Å². The monoisotopic (exact) mass is 238 g/mol. The molecule has 0 amide bonds. The van der Waals surface area contributed by atoms with Gasteiger partial charge in [-0.05, 0) is 13.5 Å². The van der Waals surface area contributed by atoms with Gasteiger partial charge in [0.25, 0.3) is 0 Å². The van der Waals surface area contributed by atoms with Gasteiger partial charge in [-0.3, -0.25) is 0 Å². The van der Waals surface area contributed by atoms with Crippen LogP contribution in [0.4, 0.5) is 13.2 Å². The Morgan fingerprint density at radius 2 is 2.20 bits per heavy atom. The number of alkyl halides is 3. The van der Waals surface area contributed by atoms with Crippen LogP contribution in [0.1, 0.15) is 35.7 Å². The molecule has 0 aliphatic heterocycles. The molecule has 2 nitrogen and oxygen atoms in total. The van der Waals surface area contributed by atoms with Gasteiger partial charge in [0.15, 0.2) is 5.01 Å². The highest BCUT2D eigenvalue weighted by Crippen LogP contribution is 2.35. The van der Waals surface area contributed by atoms with E-state index in [1.807, 2.05) is 6.92 Å². The van der Waals surface area contributed by atoms with Gasteiger partial charge in [0, 0.05) is 17.1 Å². The average Bonchev–Trinajstić information content (AvgIpc) is 2.62. The topological polar surface area (TPSA) is 24.9 Å². The largest absolute Gasteiger partial charge is 0.443 e. The van der Waals surface area contributed by atoms with Crippen molar-refractivity contribution >= 4 is 11.3 Å². The standard InChI is InChI=1S/C9H13F3N2S/c1-3-4-6(13-2)7-5-14-8(15-7)9(10,11)12/h5-6,13H,3-4H2,1-2H3. The van der Waals surface area contributed by atoms with E-state index in [4.69, 9.17) is 0 Å². The minimum atomic E-state index is -4.33. The van der Waals surface area contributed by atoms with E-state index in [2.05, 4.69) is 10.3 Å². The Balaban J connectivity index is 2.82. The molecular formula is C9H13F3N2S. The highest BCUT2D eigenvalue weighted by molar-refractivity contribution is 7.11. The molecule has 0 saturated heterocycles. The van der Waals surface area contributed by atoms with Crippen molar-refractivity contribution in [3.8, 4) is 0 Å². The lowest BCUT2D eigenvalue weighted by atomic mass is 10.1. The zero-order valence-corrected chi connectivity index (χ0v) is 9.37. The van der Waals surface area contributed by atoms with Crippen molar-refractivity contribution in [1.29, 1.82) is 0 Å². The summed E-state index contributed by atoms with van der Waals surface area (Å²) in [7, 11) is 1.74. The maximum Gasteiger partial charge on any atom is 0.443 e. The minimum absolute atomic E-state index is 0.0244. The Kier molecular flexibility index (Phi) is 4.10. The number of nitrogens with one attached hydrogen (secondary N) is 1. The van der Waals surface area contributed by atoms with Crippen LogP contribution >= 0.6 is 11.3 Å². The fourth-order valence-corrected chi connectivity index (χ4v) is 2.22. The first-order valence-electron chi connectivity index (χ1n) is 4.69. The molecule has 0 radical (unpaired) electrons. The van der Waals surface area contributed by atoms with Gasteiger partial charge in [0.2, 0.25) is 0 Å². The molecule has 0 fully saturated rings. The summed E-state index contributed by atoms with van der Waals surface area (Å²) in [6.07, 6.45) is -1.28. The molecule has 1 N–H and O–H groups in total. The lowest BCUT2D eigenvalue weighted by Crippen LogP contribution is -2.14. The van der Waals surface area contributed by atoms with E-state index in [1.165, 1.54) is 6.20 Å². The van der Waals surface area contributed by atoms with E-state index in [1.54, 1.807) is 7.05 Å². The molecule has 0 aliphatic rings. The Hall–Kier alpha value is -0.620. The van der Waals surface area contributed by atoms with E-state index in [0.717, 1.165) is 12.8 Å². The fourth-order valence-electron chi connectivity index (χ4n) is 1.30. The van der Waals surface area contributed by atoms with Crippen molar-refractivity contribution in [2.45, 2.75) is 32.0 Å². The first kappa shape index (κ1) is 12.4. The highest BCUT2D eigenvalue weighted by atomic mass is 32.1. The van der Waals surface area contributed by atoms with E-state index in [-0.39, 0.29) is 6.04 Å². The van der Waals surface area contributed by atoms with Crippen LogP contribution < -0.4 is 5.32 Å². The lowest BCUT2D eigenvalue weighted by molar-refractivity contribution is -0.137. The fraction of sp³-hybridized carbons (Fsp3) is 0.667. The second-order valence-corrected chi connectivity index (χ2v) is 4.26. The quantitative estimate of drug-likeness (QED) is 0.871. The second-order valence-electron chi connectivity index (χ2n) is 3.20. The second kappa shape index (κ2) is 4.94. The molecule has 1 aromatic rings. The third-order valence-corrected chi connectivity index (χ3v) is 3.19. The van der Waals surface area contributed by atoms with Crippen LogP contribution in [0.3, 0.4) is 0 Å². The highest BCUT2D eigenvalue weighted by Gasteiger charge is 2.35. The summed E-state index contributed by atoms with van der Waals surface area (Å²) in [5, 5.41) is 2.22. The third kappa shape index (κ3) is 3.17. The molecule has 0 saturated carbocycles. The van der Waals surface area contributed by atoms with Crippen LogP contribution in [-0.4, -0.2) is 12.0 Å². The molecule has 1 aromatic heterocycles. The summed E-state index contributed by atoms with van der Waals surface area (Å²) in [6, 6.07) is -0.0244. The van der Waals surface area contributed by atoms with Crippen LogP contribution in [-0.2, 0) is 6.18 Å². The Bertz CT molecular complexity index is 309. The first-order chi connectivity index (χ1) is 6.99. The molecule has 15 heavy (non-hydrogen) atoms. The SMILES string of the molecule is CCCC(NC)c1cnc(C(F)(F)F)s1. The number of halogens is 3. The molecule has 0 aromatic carbocycles. The zero-order chi connectivity index (χ0) is 11.5. The molecule has 0 bridgehead atoms. The normalized spacial score (nSPS) is 14.2. The van der Waals surface area contributed by atoms with Crippen LogP contribution in [0.15, 0.2) is 6.20 Å². The molecule has 1 rings (SSSR count). The van der Waals surface area contributed by atoms with Gasteiger partial charge in [-0.15, -0.1) is 11.3 Å². The number of hydrogen-bond acceptors (Lipinski definition) is 3. The number of hydrogen-bond donors (Lipinski definition) is 1. The molecule has 0 spiro atoms. The van der Waals surface area contributed by atoms with E-state index in [9.17, 15) is 13.2 Å². The average molecular weight is 238 g/mol. The summed E-state index contributed by atoms with van der Waals surface area (Å²) >= 11 is 0.714. The Morgan fingerprint density at radius 3 is 2.60 bits per heavy atom. The third-order valence-electron chi connectivity index (χ3n) is 2.04. The van der Waals surface area contributed by atoms with E-state index < -0.39 is 11.2 Å². The molecule has 6 heteroatoms. The molecule has 1 heterocycles. The Labute approximate surface area is 90.5 Å². The van der Waals surface area contributed by atoms with E-state index in [0.29, 0.717) is 16.2 Å². The van der Waals surface area contributed by atoms with Crippen LogP contribution in [0.5, 0.6) is 0 Å². The smallest absolute Gasteiger partial charge is 0.312 e. The number of nitrogens with zero attached hydrogens (tertiary/aromatic N) is 1. The van der Waals surface area contributed by atoms with Gasteiger partial charge >= 0.3 is 6.18 Å². The maximum absolute atomic E-state index is 12.3. The van der Waals surface area contributed by atoms with Crippen LogP contribution in [0.2, 0.25) is 0 Å². The first-order valence-corrected chi connectivity index (χ1v) is 5.50. The maximum atomic E-state index is 12.3. The lowest BCUT2D eigenvalue weighted by Gasteiger charge is -2.11. The summed E-state index contributed by atoms with van der Waals surface area (Å²) in [5.74, 6) is 0. The number of rotatable bonds is 4. The predicted octanol–water partition coefficient (Wildman–Crippen LogP) is 3.22. The van der Waals surface area contributed by atoms with Gasteiger partial charge in [0.1, 0.15) is 0 Å². The van der Waals surface area contributed by atoms with Gasteiger partial charge in [-0.25, -0.2) is 4.98 Å². The Morgan fingerprint density at radius 1 is 1.53 bits per heavy atom. The number of aromatic nitrogens is 1. The molecule has 0 aliphatic carbocycles. The molecule has 1 unspecified atom stereocenters. The zero-order valence-electron chi connectivity index (χ0n) is 8.56. The van der Waals surface area contributed by atoms with Crippen LogP contribution in [0, 0.1) is 0 Å². The number of thiazole rings is 1. The van der Waals surface area contributed by atoms with Crippen LogP contribution in [0.25, 0.3) is 0 Å². The minimum Gasteiger partial charge on any atom is -0.312 e. The van der Waals surface area contributed by atoms with E-state index >= 15 is 0 Å². The molecule has 86 valence electrons. The van der Waals surface area contributed by atoms with Crippen molar-refractivity contribution in [3.05, 3.63) is 16.1 Å². The van der Waals surface area contributed by atoms with Gasteiger partial charge in [0.05, 0.1) is 0 Å². The van der Waals surface area contributed by atoms with Crippen molar-refractivity contribution in [3.63, 3.8) is 0 Å². The van der Waals surface area contributed by atoms with Crippen molar-refractivity contribution < 1.29 is 13.2 Å². The van der Waals surface area contributed by atoms with Crippen molar-refractivity contribution in [1.82, 2.24) is 10.3 Å². The molecular weight excluding hydrogens is 225 g/mol. The predicted molar refractivity (Wildman–Crippen MR) is 53.8 cm³/mol. The van der Waals surface area contributed by atoms with Gasteiger partial charge in [-0.2, -0.15) is 13.2 Å². The van der Waals surface area contributed by atoms with Gasteiger partial charge < -0.3 is 5.32 Å². The van der Waals surface area contributed by atoms with Crippen molar-refractivity contribution in [2.24, 2.45) is 0 Å². The summed E-state index contributed by atoms with van der Waals surface area (Å²) < 4.78 is 36.8.